The molecule has 0 aliphatic carbocycles. The van der Waals surface area contributed by atoms with E-state index in [1.54, 1.807) is 18.5 Å². The molecule has 0 spiro atoms. The lowest BCUT2D eigenvalue weighted by Gasteiger charge is -2.29. The van der Waals surface area contributed by atoms with E-state index in [4.69, 9.17) is 11.6 Å². The number of nitrogens with zero attached hydrogens (tertiary/aromatic N) is 5. The SMILES string of the molecule is CC(C)n1cnc2c(Nc3cccc4c3CN(C3CCC(=O)NC3=O)C4=O)nc(Cl)nc21. The van der Waals surface area contributed by atoms with Crippen molar-refractivity contribution in [1.29, 1.82) is 0 Å². The van der Waals surface area contributed by atoms with Crippen LogP contribution >= 0.6 is 11.6 Å². The van der Waals surface area contributed by atoms with Crippen molar-refractivity contribution < 1.29 is 14.4 Å². The van der Waals surface area contributed by atoms with Gasteiger partial charge in [0.2, 0.25) is 17.1 Å². The number of hydrogen-bond acceptors (Lipinski definition) is 7. The zero-order chi connectivity index (χ0) is 22.6. The summed E-state index contributed by atoms with van der Waals surface area (Å²) >= 11 is 6.18. The van der Waals surface area contributed by atoms with Gasteiger partial charge in [0.05, 0.1) is 6.33 Å². The van der Waals surface area contributed by atoms with Crippen LogP contribution in [0.15, 0.2) is 24.5 Å². The number of halogens is 1. The van der Waals surface area contributed by atoms with Crippen LogP contribution in [0.5, 0.6) is 0 Å². The molecule has 1 aromatic carbocycles. The largest absolute Gasteiger partial charge is 0.338 e. The molecule has 2 aliphatic heterocycles. The first-order valence-electron chi connectivity index (χ1n) is 10.3. The van der Waals surface area contributed by atoms with Gasteiger partial charge in [-0.05, 0) is 44.0 Å². The first-order chi connectivity index (χ1) is 15.3. The topological polar surface area (TPSA) is 122 Å². The molecule has 164 valence electrons. The number of imide groups is 1. The predicted octanol–water partition coefficient (Wildman–Crippen LogP) is 2.57. The van der Waals surface area contributed by atoms with Crippen LogP contribution in [0.25, 0.3) is 11.2 Å². The van der Waals surface area contributed by atoms with E-state index in [0.717, 1.165) is 5.56 Å². The highest BCUT2D eigenvalue weighted by Gasteiger charge is 2.39. The number of nitrogens with one attached hydrogen (secondary N) is 2. The Balaban J connectivity index is 1.50. The number of amides is 3. The first-order valence-corrected chi connectivity index (χ1v) is 10.6. The number of imidazole rings is 1. The van der Waals surface area contributed by atoms with Gasteiger partial charge in [0.1, 0.15) is 6.04 Å². The fourth-order valence-corrected chi connectivity index (χ4v) is 4.35. The number of hydrogen-bond donors (Lipinski definition) is 2. The van der Waals surface area contributed by atoms with E-state index in [-0.39, 0.29) is 36.1 Å². The Morgan fingerprint density at radius 2 is 2.03 bits per heavy atom. The van der Waals surface area contributed by atoms with E-state index >= 15 is 0 Å². The molecule has 3 aromatic rings. The highest BCUT2D eigenvalue weighted by Crippen LogP contribution is 2.34. The molecule has 2 N–H and O–H groups in total. The number of fused-ring (bicyclic) bond motifs is 2. The van der Waals surface area contributed by atoms with Crippen LogP contribution in [-0.4, -0.2) is 48.2 Å². The lowest BCUT2D eigenvalue weighted by Crippen LogP contribution is -2.52. The zero-order valence-corrected chi connectivity index (χ0v) is 18.2. The summed E-state index contributed by atoms with van der Waals surface area (Å²) in [4.78, 5) is 51.4. The third-order valence-corrected chi connectivity index (χ3v) is 5.95. The van der Waals surface area contributed by atoms with Gasteiger partial charge in [-0.15, -0.1) is 0 Å². The van der Waals surface area contributed by atoms with E-state index in [2.05, 4.69) is 25.6 Å². The van der Waals surface area contributed by atoms with Gasteiger partial charge in [0, 0.05) is 35.8 Å². The van der Waals surface area contributed by atoms with E-state index < -0.39 is 11.9 Å². The molecule has 5 rings (SSSR count). The number of rotatable bonds is 4. The molecular formula is C21H20ClN7O3. The van der Waals surface area contributed by atoms with Crippen LogP contribution < -0.4 is 10.6 Å². The summed E-state index contributed by atoms with van der Waals surface area (Å²) in [6.07, 6.45) is 2.20. The van der Waals surface area contributed by atoms with Crippen LogP contribution in [0, 0.1) is 0 Å². The van der Waals surface area contributed by atoms with E-state index in [9.17, 15) is 14.4 Å². The number of aromatic nitrogens is 4. The van der Waals surface area contributed by atoms with Crippen LogP contribution in [0.2, 0.25) is 5.28 Å². The average Bonchev–Trinajstić information content (AvgIpc) is 3.31. The fourth-order valence-electron chi connectivity index (χ4n) is 4.19. The number of anilines is 2. The highest BCUT2D eigenvalue weighted by molar-refractivity contribution is 6.28. The highest BCUT2D eigenvalue weighted by atomic mass is 35.5. The molecule has 0 bridgehead atoms. The summed E-state index contributed by atoms with van der Waals surface area (Å²) < 4.78 is 1.90. The van der Waals surface area contributed by atoms with Gasteiger partial charge >= 0.3 is 0 Å². The summed E-state index contributed by atoms with van der Waals surface area (Å²) in [7, 11) is 0. The second-order valence-corrected chi connectivity index (χ2v) is 8.45. The Labute approximate surface area is 188 Å². The van der Waals surface area contributed by atoms with Crippen LogP contribution in [0.3, 0.4) is 0 Å². The first kappa shape index (κ1) is 20.4. The number of carbonyl (C=O) groups excluding carboxylic acids is 3. The van der Waals surface area contributed by atoms with Gasteiger partial charge in [-0.1, -0.05) is 6.07 Å². The summed E-state index contributed by atoms with van der Waals surface area (Å²) in [5.74, 6) is -0.573. The maximum Gasteiger partial charge on any atom is 0.255 e. The van der Waals surface area contributed by atoms with Crippen molar-refractivity contribution >= 4 is 52.0 Å². The standard InChI is InChI=1S/C21H20ClN7O3/c1-10(2)29-9-23-16-17(26-21(22)27-18(16)29)24-13-5-3-4-11-12(13)8-28(20(11)32)14-6-7-15(30)25-19(14)31/h3-5,9-10,14H,6-8H2,1-2H3,(H,24,26,27)(H,25,30,31). The second kappa shape index (κ2) is 7.56. The number of carbonyl (C=O) groups is 3. The molecule has 4 heterocycles. The second-order valence-electron chi connectivity index (χ2n) is 8.12. The van der Waals surface area contributed by atoms with Crippen molar-refractivity contribution in [1.82, 2.24) is 29.7 Å². The molecule has 32 heavy (non-hydrogen) atoms. The van der Waals surface area contributed by atoms with Crippen molar-refractivity contribution in [2.45, 2.75) is 45.3 Å². The summed E-state index contributed by atoms with van der Waals surface area (Å²) in [5, 5.41) is 5.65. The monoisotopic (exact) mass is 453 g/mol. The molecule has 1 unspecified atom stereocenters. The van der Waals surface area contributed by atoms with Gasteiger partial charge in [0.25, 0.3) is 5.91 Å². The minimum atomic E-state index is -0.678. The Hall–Kier alpha value is -3.53. The minimum absolute atomic E-state index is 0.0798. The molecule has 3 amide bonds. The molecule has 1 fully saturated rings. The van der Waals surface area contributed by atoms with Gasteiger partial charge in [-0.25, -0.2) is 4.98 Å². The third kappa shape index (κ3) is 3.27. The summed E-state index contributed by atoms with van der Waals surface area (Å²) in [6, 6.07) is 4.79. The van der Waals surface area contributed by atoms with E-state index in [1.165, 1.54) is 4.90 Å². The van der Waals surface area contributed by atoms with Crippen molar-refractivity contribution in [2.75, 3.05) is 5.32 Å². The van der Waals surface area contributed by atoms with Crippen molar-refractivity contribution in [3.05, 3.63) is 40.9 Å². The zero-order valence-electron chi connectivity index (χ0n) is 17.4. The fraction of sp³-hybridized carbons (Fsp3) is 0.333. The molecule has 1 atom stereocenters. The van der Waals surface area contributed by atoms with E-state index in [0.29, 0.717) is 34.7 Å². The smallest absolute Gasteiger partial charge is 0.255 e. The molecule has 1 saturated heterocycles. The normalized spacial score (nSPS) is 18.4. The van der Waals surface area contributed by atoms with E-state index in [1.807, 2.05) is 24.5 Å². The van der Waals surface area contributed by atoms with Crippen molar-refractivity contribution in [2.24, 2.45) is 0 Å². The van der Waals surface area contributed by atoms with Crippen molar-refractivity contribution in [3.63, 3.8) is 0 Å². The van der Waals surface area contributed by atoms with Gasteiger partial charge in [-0.3, -0.25) is 19.7 Å². The molecule has 0 radical (unpaired) electrons. The summed E-state index contributed by atoms with van der Waals surface area (Å²) in [6.45, 7) is 4.28. The molecule has 2 aliphatic rings. The Kier molecular flexibility index (Phi) is 4.81. The molecule has 10 nitrogen and oxygen atoms in total. The maximum atomic E-state index is 13.0. The Morgan fingerprint density at radius 3 is 2.78 bits per heavy atom. The Morgan fingerprint density at radius 1 is 1.22 bits per heavy atom. The minimum Gasteiger partial charge on any atom is -0.338 e. The molecule has 2 aromatic heterocycles. The molecule has 11 heteroatoms. The van der Waals surface area contributed by atoms with Crippen LogP contribution in [0.4, 0.5) is 11.5 Å². The average molecular weight is 454 g/mol. The van der Waals surface area contributed by atoms with Crippen LogP contribution in [-0.2, 0) is 16.1 Å². The maximum absolute atomic E-state index is 13.0. The molecule has 0 saturated carbocycles. The lowest BCUT2D eigenvalue weighted by molar-refractivity contribution is -0.136. The lowest BCUT2D eigenvalue weighted by atomic mass is 10.0. The predicted molar refractivity (Wildman–Crippen MR) is 116 cm³/mol. The van der Waals surface area contributed by atoms with Gasteiger partial charge in [-0.2, -0.15) is 9.97 Å². The van der Waals surface area contributed by atoms with Gasteiger partial charge < -0.3 is 14.8 Å². The third-order valence-electron chi connectivity index (χ3n) is 5.79. The number of piperidine rings is 1. The summed E-state index contributed by atoms with van der Waals surface area (Å²) in [5.41, 5.74) is 3.08. The van der Waals surface area contributed by atoms with Crippen LogP contribution in [0.1, 0.15) is 48.7 Å². The van der Waals surface area contributed by atoms with Crippen molar-refractivity contribution in [3.8, 4) is 0 Å². The van der Waals surface area contributed by atoms with Gasteiger partial charge in [0.15, 0.2) is 17.0 Å². The molecular weight excluding hydrogens is 434 g/mol. The number of benzene rings is 1. The Bertz CT molecular complexity index is 1290. The quantitative estimate of drug-likeness (QED) is 0.459.